The lowest BCUT2D eigenvalue weighted by molar-refractivity contribution is -0.122. The van der Waals surface area contributed by atoms with Crippen molar-refractivity contribution in [1.29, 1.82) is 0 Å². The Morgan fingerprint density at radius 3 is 2.30 bits per heavy atom. The van der Waals surface area contributed by atoms with Gasteiger partial charge in [-0.2, -0.15) is 0 Å². The van der Waals surface area contributed by atoms with Crippen LogP contribution in [0.25, 0.3) is 0 Å². The number of hydrogen-bond acceptors (Lipinski definition) is 3. The van der Waals surface area contributed by atoms with E-state index in [2.05, 4.69) is 24.5 Å². The zero-order chi connectivity index (χ0) is 21.8. The first-order valence-corrected chi connectivity index (χ1v) is 10.4. The summed E-state index contributed by atoms with van der Waals surface area (Å²) in [5.74, 6) is -0.525. The van der Waals surface area contributed by atoms with E-state index in [1.807, 2.05) is 44.2 Å². The van der Waals surface area contributed by atoms with Gasteiger partial charge in [-0.15, -0.1) is 0 Å². The van der Waals surface area contributed by atoms with Crippen LogP contribution in [0.3, 0.4) is 0 Å². The topological polar surface area (TPSA) is 78.5 Å². The van der Waals surface area contributed by atoms with Gasteiger partial charge in [0.15, 0.2) is 0 Å². The minimum atomic E-state index is -0.422. The van der Waals surface area contributed by atoms with Gasteiger partial charge < -0.3 is 15.5 Å². The minimum Gasteiger partial charge on any atom is -0.326 e. The van der Waals surface area contributed by atoms with Gasteiger partial charge in [0.25, 0.3) is 0 Å². The van der Waals surface area contributed by atoms with E-state index in [9.17, 15) is 14.4 Å². The van der Waals surface area contributed by atoms with Gasteiger partial charge in [-0.1, -0.05) is 45.9 Å². The molecule has 0 spiro atoms. The van der Waals surface area contributed by atoms with E-state index >= 15 is 0 Å². The summed E-state index contributed by atoms with van der Waals surface area (Å²) in [6.45, 7) is 8.17. The highest BCUT2D eigenvalue weighted by atomic mass is 16.2. The number of rotatable bonds is 6. The van der Waals surface area contributed by atoms with Gasteiger partial charge in [0, 0.05) is 35.9 Å². The molecule has 1 saturated heterocycles. The highest BCUT2D eigenvalue weighted by Crippen LogP contribution is 2.28. The van der Waals surface area contributed by atoms with Crippen molar-refractivity contribution in [3.8, 4) is 0 Å². The number of carbonyl (C=O) groups is 3. The first-order valence-electron chi connectivity index (χ1n) is 10.4. The fourth-order valence-corrected chi connectivity index (χ4v) is 3.39. The van der Waals surface area contributed by atoms with Crippen LogP contribution in [0.15, 0.2) is 48.5 Å². The third-order valence-corrected chi connectivity index (χ3v) is 5.27. The number of carbonyl (C=O) groups excluding carboxylic acids is 3. The van der Waals surface area contributed by atoms with E-state index in [0.29, 0.717) is 23.8 Å². The Morgan fingerprint density at radius 1 is 0.967 bits per heavy atom. The Morgan fingerprint density at radius 2 is 1.63 bits per heavy atom. The van der Waals surface area contributed by atoms with Gasteiger partial charge in [0.2, 0.25) is 17.7 Å². The third kappa shape index (κ3) is 5.06. The predicted molar refractivity (Wildman–Crippen MR) is 120 cm³/mol. The lowest BCUT2D eigenvalue weighted by atomic mass is 10.0. The van der Waals surface area contributed by atoms with Gasteiger partial charge in [0.05, 0.1) is 5.92 Å². The number of amides is 3. The molecule has 2 N–H and O–H groups in total. The van der Waals surface area contributed by atoms with Crippen LogP contribution in [-0.2, 0) is 14.4 Å². The summed E-state index contributed by atoms with van der Waals surface area (Å²) in [5, 5.41) is 5.79. The highest BCUT2D eigenvalue weighted by molar-refractivity contribution is 6.04. The summed E-state index contributed by atoms with van der Waals surface area (Å²) in [6, 6.07) is 15.0. The normalized spacial score (nSPS) is 16.3. The molecule has 2 aromatic carbocycles. The van der Waals surface area contributed by atoms with Crippen LogP contribution < -0.4 is 15.5 Å². The molecule has 1 heterocycles. The molecule has 0 aliphatic carbocycles. The molecule has 3 amide bonds. The molecule has 0 radical (unpaired) electrons. The molecular weight excluding hydrogens is 378 g/mol. The van der Waals surface area contributed by atoms with Crippen LogP contribution in [-0.4, -0.2) is 24.3 Å². The van der Waals surface area contributed by atoms with E-state index in [-0.39, 0.29) is 30.1 Å². The van der Waals surface area contributed by atoms with Crippen molar-refractivity contribution in [2.24, 2.45) is 11.8 Å². The molecule has 3 rings (SSSR count). The zero-order valence-electron chi connectivity index (χ0n) is 17.9. The lowest BCUT2D eigenvalue weighted by Gasteiger charge is -2.18. The van der Waals surface area contributed by atoms with Gasteiger partial charge in [-0.05, 0) is 41.8 Å². The molecule has 1 aliphatic heterocycles. The standard InChI is InChI=1S/C24H29N3O3/c1-15(2)17-7-5-8-19(11-17)26-24(30)18-12-22(28)27(14-18)21-10-6-9-20(13-21)25-23(29)16(3)4/h5-11,13,15-16,18H,12,14H2,1-4H3,(H,25,29)(H,26,30)/t18-/m1/s1. The monoisotopic (exact) mass is 407 g/mol. The van der Waals surface area contributed by atoms with E-state index in [1.165, 1.54) is 0 Å². The zero-order valence-corrected chi connectivity index (χ0v) is 17.9. The second kappa shape index (κ2) is 9.11. The van der Waals surface area contributed by atoms with Crippen molar-refractivity contribution in [3.63, 3.8) is 0 Å². The number of nitrogens with zero attached hydrogens (tertiary/aromatic N) is 1. The number of anilines is 3. The molecule has 1 aliphatic rings. The minimum absolute atomic E-state index is 0.0826. The summed E-state index contributed by atoms with van der Waals surface area (Å²) >= 11 is 0. The number of nitrogens with one attached hydrogen (secondary N) is 2. The first kappa shape index (κ1) is 21.6. The van der Waals surface area contributed by atoms with Crippen molar-refractivity contribution in [2.45, 2.75) is 40.0 Å². The van der Waals surface area contributed by atoms with Crippen LogP contribution in [0.4, 0.5) is 17.1 Å². The van der Waals surface area contributed by atoms with E-state index in [4.69, 9.17) is 0 Å². The maximum absolute atomic E-state index is 12.8. The van der Waals surface area contributed by atoms with Crippen molar-refractivity contribution < 1.29 is 14.4 Å². The van der Waals surface area contributed by atoms with E-state index < -0.39 is 5.92 Å². The molecule has 0 bridgehead atoms. The van der Waals surface area contributed by atoms with Crippen LogP contribution >= 0.6 is 0 Å². The Kier molecular flexibility index (Phi) is 6.55. The molecule has 0 unspecified atom stereocenters. The fraction of sp³-hybridized carbons (Fsp3) is 0.375. The number of benzene rings is 2. The fourth-order valence-electron chi connectivity index (χ4n) is 3.39. The SMILES string of the molecule is CC(C)C(=O)Nc1cccc(N2C[C@H](C(=O)Nc3cccc(C(C)C)c3)CC2=O)c1. The summed E-state index contributed by atoms with van der Waals surface area (Å²) in [5.41, 5.74) is 3.21. The van der Waals surface area contributed by atoms with Crippen LogP contribution in [0, 0.1) is 11.8 Å². The lowest BCUT2D eigenvalue weighted by Crippen LogP contribution is -2.28. The van der Waals surface area contributed by atoms with Crippen LogP contribution in [0.5, 0.6) is 0 Å². The van der Waals surface area contributed by atoms with E-state index in [1.54, 1.807) is 23.1 Å². The number of hydrogen-bond donors (Lipinski definition) is 2. The molecule has 30 heavy (non-hydrogen) atoms. The predicted octanol–water partition coefficient (Wildman–Crippen LogP) is 4.40. The van der Waals surface area contributed by atoms with Crippen molar-refractivity contribution in [2.75, 3.05) is 22.1 Å². The Hall–Kier alpha value is -3.15. The van der Waals surface area contributed by atoms with Gasteiger partial charge >= 0.3 is 0 Å². The quantitative estimate of drug-likeness (QED) is 0.745. The average Bonchev–Trinajstić information content (AvgIpc) is 3.10. The van der Waals surface area contributed by atoms with Crippen molar-refractivity contribution >= 4 is 34.8 Å². The molecule has 158 valence electrons. The summed E-state index contributed by atoms with van der Waals surface area (Å²) in [7, 11) is 0. The largest absolute Gasteiger partial charge is 0.326 e. The molecule has 1 fully saturated rings. The molecule has 1 atom stereocenters. The molecule has 0 aromatic heterocycles. The van der Waals surface area contributed by atoms with Gasteiger partial charge in [0.1, 0.15) is 0 Å². The maximum atomic E-state index is 12.8. The summed E-state index contributed by atoms with van der Waals surface area (Å²) in [4.78, 5) is 38.9. The third-order valence-electron chi connectivity index (χ3n) is 5.27. The first-order chi connectivity index (χ1) is 14.2. The molecule has 6 nitrogen and oxygen atoms in total. The maximum Gasteiger partial charge on any atom is 0.229 e. The summed E-state index contributed by atoms with van der Waals surface area (Å²) in [6.07, 6.45) is 0.165. The second-order valence-corrected chi connectivity index (χ2v) is 8.37. The van der Waals surface area contributed by atoms with Crippen LogP contribution in [0.2, 0.25) is 0 Å². The van der Waals surface area contributed by atoms with Gasteiger partial charge in [-0.3, -0.25) is 14.4 Å². The highest BCUT2D eigenvalue weighted by Gasteiger charge is 2.35. The van der Waals surface area contributed by atoms with E-state index in [0.717, 1.165) is 11.3 Å². The Labute approximate surface area is 177 Å². The van der Waals surface area contributed by atoms with Crippen molar-refractivity contribution in [1.82, 2.24) is 0 Å². The van der Waals surface area contributed by atoms with Crippen LogP contribution in [0.1, 0.15) is 45.6 Å². The molecule has 6 heteroatoms. The smallest absolute Gasteiger partial charge is 0.229 e. The average molecular weight is 408 g/mol. The Balaban J connectivity index is 1.68. The molecule has 0 saturated carbocycles. The summed E-state index contributed by atoms with van der Waals surface area (Å²) < 4.78 is 0. The van der Waals surface area contributed by atoms with Gasteiger partial charge in [-0.25, -0.2) is 0 Å². The second-order valence-electron chi connectivity index (χ2n) is 8.37. The molecule has 2 aromatic rings. The molecular formula is C24H29N3O3. The Bertz CT molecular complexity index is 952. The van der Waals surface area contributed by atoms with Crippen molar-refractivity contribution in [3.05, 3.63) is 54.1 Å².